The van der Waals surface area contributed by atoms with Crippen LogP contribution in [0.5, 0.6) is 5.75 Å². The van der Waals surface area contributed by atoms with Crippen LogP contribution in [0.25, 0.3) is 10.9 Å². The first-order chi connectivity index (χ1) is 10.9. The summed E-state index contributed by atoms with van der Waals surface area (Å²) >= 11 is 0. The molecule has 126 valence electrons. The van der Waals surface area contributed by atoms with E-state index in [4.69, 9.17) is 4.74 Å². The van der Waals surface area contributed by atoms with E-state index in [0.29, 0.717) is 24.3 Å². The summed E-state index contributed by atoms with van der Waals surface area (Å²) in [4.78, 5) is 17.3. The zero-order chi connectivity index (χ0) is 17.0. The number of nitrogens with zero attached hydrogens (tertiary/aromatic N) is 1. The molecule has 23 heavy (non-hydrogen) atoms. The molecule has 1 heterocycles. The second kappa shape index (κ2) is 7.64. The first kappa shape index (κ1) is 17.5. The van der Waals surface area contributed by atoms with Crippen molar-refractivity contribution in [2.75, 3.05) is 6.54 Å². The van der Waals surface area contributed by atoms with Gasteiger partial charge in [-0.3, -0.25) is 9.69 Å². The van der Waals surface area contributed by atoms with E-state index >= 15 is 0 Å². The van der Waals surface area contributed by atoms with E-state index < -0.39 is 0 Å². The van der Waals surface area contributed by atoms with Crippen LogP contribution >= 0.6 is 0 Å². The molecule has 0 bridgehead atoms. The molecule has 0 aliphatic carbocycles. The molecule has 0 aliphatic rings. The standard InChI is InChI=1S/C19H28N2O2/c1-6-19(22)23-16-7-8-18-17(11-16)15(12-20-18)9-10-21(13(2)3)14(4)5/h7-8,11-14,20H,6,9-10H2,1-5H3. The maximum Gasteiger partial charge on any atom is 0.310 e. The molecule has 1 aromatic heterocycles. The molecule has 0 atom stereocenters. The molecule has 4 heteroatoms. The van der Waals surface area contributed by atoms with Crippen LogP contribution in [0.2, 0.25) is 0 Å². The van der Waals surface area contributed by atoms with Gasteiger partial charge < -0.3 is 9.72 Å². The van der Waals surface area contributed by atoms with Crippen molar-refractivity contribution in [2.24, 2.45) is 0 Å². The zero-order valence-electron chi connectivity index (χ0n) is 14.8. The number of rotatable bonds is 7. The first-order valence-corrected chi connectivity index (χ1v) is 8.48. The highest BCUT2D eigenvalue weighted by atomic mass is 16.5. The van der Waals surface area contributed by atoms with Gasteiger partial charge in [0.2, 0.25) is 0 Å². The summed E-state index contributed by atoms with van der Waals surface area (Å²) in [5.41, 5.74) is 2.35. The highest BCUT2D eigenvalue weighted by molar-refractivity contribution is 5.85. The van der Waals surface area contributed by atoms with Gasteiger partial charge in [0.15, 0.2) is 0 Å². The number of nitrogens with one attached hydrogen (secondary N) is 1. The van der Waals surface area contributed by atoms with Crippen molar-refractivity contribution in [3.05, 3.63) is 30.0 Å². The van der Waals surface area contributed by atoms with Gasteiger partial charge >= 0.3 is 5.97 Å². The number of hydrogen-bond acceptors (Lipinski definition) is 3. The molecule has 2 aromatic rings. The number of fused-ring (bicyclic) bond motifs is 1. The van der Waals surface area contributed by atoms with Crippen molar-refractivity contribution in [1.29, 1.82) is 0 Å². The summed E-state index contributed by atoms with van der Waals surface area (Å²) in [5, 5.41) is 1.14. The highest BCUT2D eigenvalue weighted by Gasteiger charge is 2.14. The molecule has 0 amide bonds. The summed E-state index contributed by atoms with van der Waals surface area (Å²) < 4.78 is 5.33. The lowest BCUT2D eigenvalue weighted by atomic mass is 10.1. The highest BCUT2D eigenvalue weighted by Crippen LogP contribution is 2.25. The minimum absolute atomic E-state index is 0.202. The quantitative estimate of drug-likeness (QED) is 0.616. The second-order valence-corrected chi connectivity index (χ2v) is 6.52. The van der Waals surface area contributed by atoms with E-state index in [1.165, 1.54) is 5.56 Å². The van der Waals surface area contributed by atoms with Gasteiger partial charge in [0.1, 0.15) is 5.75 Å². The summed E-state index contributed by atoms with van der Waals surface area (Å²) in [6.07, 6.45) is 3.42. The molecule has 4 nitrogen and oxygen atoms in total. The fourth-order valence-corrected chi connectivity index (χ4v) is 2.99. The molecule has 0 spiro atoms. The van der Waals surface area contributed by atoms with Crippen molar-refractivity contribution in [3.63, 3.8) is 0 Å². The summed E-state index contributed by atoms with van der Waals surface area (Å²) in [5.74, 6) is 0.419. The van der Waals surface area contributed by atoms with Crippen LogP contribution in [0, 0.1) is 0 Å². The molecule has 0 saturated heterocycles. The SMILES string of the molecule is CCC(=O)Oc1ccc2[nH]cc(CCN(C(C)C)C(C)C)c2c1. The average Bonchev–Trinajstić information content (AvgIpc) is 2.89. The Bertz CT molecular complexity index is 650. The van der Waals surface area contributed by atoms with Crippen LogP contribution in [-0.2, 0) is 11.2 Å². The fraction of sp³-hybridized carbons (Fsp3) is 0.526. The lowest BCUT2D eigenvalue weighted by molar-refractivity contribution is -0.134. The van der Waals surface area contributed by atoms with Gasteiger partial charge in [-0.15, -0.1) is 0 Å². The monoisotopic (exact) mass is 316 g/mol. The van der Waals surface area contributed by atoms with Crippen molar-refractivity contribution in [2.45, 2.75) is 59.5 Å². The third kappa shape index (κ3) is 4.35. The maximum atomic E-state index is 11.5. The smallest absolute Gasteiger partial charge is 0.310 e. The zero-order valence-corrected chi connectivity index (χ0v) is 14.8. The van der Waals surface area contributed by atoms with Gasteiger partial charge in [-0.1, -0.05) is 6.92 Å². The number of benzene rings is 1. The van der Waals surface area contributed by atoms with Crippen LogP contribution in [0.3, 0.4) is 0 Å². The summed E-state index contributed by atoms with van der Waals surface area (Å²) in [7, 11) is 0. The molecule has 2 rings (SSSR count). The number of ether oxygens (including phenoxy) is 1. The minimum Gasteiger partial charge on any atom is -0.427 e. The lowest BCUT2D eigenvalue weighted by Crippen LogP contribution is -2.38. The van der Waals surface area contributed by atoms with Crippen molar-refractivity contribution in [1.82, 2.24) is 9.88 Å². The molecule has 0 saturated carbocycles. The minimum atomic E-state index is -0.202. The molecule has 0 fully saturated rings. The van der Waals surface area contributed by atoms with E-state index in [-0.39, 0.29) is 5.97 Å². The third-order valence-electron chi connectivity index (χ3n) is 4.23. The number of esters is 1. The van der Waals surface area contributed by atoms with Crippen molar-refractivity contribution in [3.8, 4) is 5.75 Å². The number of aromatic amines is 1. The number of hydrogen-bond donors (Lipinski definition) is 1. The van der Waals surface area contributed by atoms with Crippen LogP contribution < -0.4 is 4.74 Å². The summed E-state index contributed by atoms with van der Waals surface area (Å²) in [6.45, 7) is 11.8. The van der Waals surface area contributed by atoms with Gasteiger partial charge in [-0.2, -0.15) is 0 Å². The normalized spacial score (nSPS) is 11.8. The average molecular weight is 316 g/mol. The van der Waals surface area contributed by atoms with Gasteiger partial charge in [-0.05, 0) is 57.9 Å². The molecule has 0 aliphatic heterocycles. The van der Waals surface area contributed by atoms with E-state index in [9.17, 15) is 4.79 Å². The molecule has 0 unspecified atom stereocenters. The van der Waals surface area contributed by atoms with Crippen LogP contribution in [-0.4, -0.2) is 34.5 Å². The van der Waals surface area contributed by atoms with Crippen LogP contribution in [0.4, 0.5) is 0 Å². The number of carbonyl (C=O) groups excluding carboxylic acids is 1. The van der Waals surface area contributed by atoms with E-state index in [1.807, 2.05) is 18.2 Å². The third-order valence-corrected chi connectivity index (χ3v) is 4.23. The van der Waals surface area contributed by atoms with E-state index in [1.54, 1.807) is 6.92 Å². The van der Waals surface area contributed by atoms with Crippen molar-refractivity contribution < 1.29 is 9.53 Å². The van der Waals surface area contributed by atoms with E-state index in [0.717, 1.165) is 23.9 Å². The lowest BCUT2D eigenvalue weighted by Gasteiger charge is -2.30. The second-order valence-electron chi connectivity index (χ2n) is 6.52. The Balaban J connectivity index is 2.17. The molecule has 1 N–H and O–H groups in total. The van der Waals surface area contributed by atoms with Gasteiger partial charge in [-0.25, -0.2) is 0 Å². The number of aromatic nitrogens is 1. The predicted octanol–water partition coefficient (Wildman–Crippen LogP) is 4.14. The first-order valence-electron chi connectivity index (χ1n) is 8.48. The Morgan fingerprint density at radius 3 is 2.52 bits per heavy atom. The number of carbonyl (C=O) groups is 1. The van der Waals surface area contributed by atoms with Gasteiger partial charge in [0, 0.05) is 42.1 Å². The largest absolute Gasteiger partial charge is 0.427 e. The molecular weight excluding hydrogens is 288 g/mol. The molecular formula is C19H28N2O2. The topological polar surface area (TPSA) is 45.3 Å². The Hall–Kier alpha value is -1.81. The van der Waals surface area contributed by atoms with Crippen LogP contribution in [0.15, 0.2) is 24.4 Å². The number of H-pyrrole nitrogens is 1. The van der Waals surface area contributed by atoms with Gasteiger partial charge in [0.05, 0.1) is 0 Å². The Labute approximate surface area is 138 Å². The Morgan fingerprint density at radius 2 is 1.91 bits per heavy atom. The van der Waals surface area contributed by atoms with Crippen LogP contribution in [0.1, 0.15) is 46.6 Å². The molecule has 1 aromatic carbocycles. The van der Waals surface area contributed by atoms with Gasteiger partial charge in [0.25, 0.3) is 0 Å². The predicted molar refractivity (Wildman–Crippen MR) is 94.9 cm³/mol. The summed E-state index contributed by atoms with van der Waals surface area (Å²) in [6, 6.07) is 6.83. The maximum absolute atomic E-state index is 11.5. The molecule has 0 radical (unpaired) electrons. The fourth-order valence-electron chi connectivity index (χ4n) is 2.99. The Kier molecular flexibility index (Phi) is 5.83. The van der Waals surface area contributed by atoms with E-state index in [2.05, 4.69) is 43.8 Å². The van der Waals surface area contributed by atoms with Crippen molar-refractivity contribution >= 4 is 16.9 Å². The Morgan fingerprint density at radius 1 is 1.22 bits per heavy atom.